The van der Waals surface area contributed by atoms with Crippen LogP contribution in [-0.2, 0) is 11.8 Å². The lowest BCUT2D eigenvalue weighted by Gasteiger charge is -2.11. The summed E-state index contributed by atoms with van der Waals surface area (Å²) in [7, 11) is 0. The Kier molecular flexibility index (Phi) is 8.81. The van der Waals surface area contributed by atoms with Crippen molar-refractivity contribution in [2.24, 2.45) is 0 Å². The van der Waals surface area contributed by atoms with Crippen molar-refractivity contribution < 1.29 is 0 Å². The van der Waals surface area contributed by atoms with E-state index < -0.39 is 0 Å². The molecule has 0 aliphatic rings. The highest BCUT2D eigenvalue weighted by Gasteiger charge is 2.27. The second-order valence-electron chi connectivity index (χ2n) is 4.70. The third kappa shape index (κ3) is 12.0. The van der Waals surface area contributed by atoms with E-state index in [1.807, 2.05) is 22.8 Å². The average Bonchev–Trinajstić information content (AvgIpc) is 1.96. The molecule has 15 heavy (non-hydrogen) atoms. The molecule has 0 aromatic heterocycles. The molecule has 0 aromatic carbocycles. The van der Waals surface area contributed by atoms with Gasteiger partial charge in [0.25, 0.3) is 0 Å². The van der Waals surface area contributed by atoms with E-state index in [9.17, 15) is 0 Å². The third-order valence-electron chi connectivity index (χ3n) is 1.59. The Hall–Kier alpha value is 1.70. The molecule has 5 heteroatoms. The van der Waals surface area contributed by atoms with Gasteiger partial charge in [0, 0.05) is 10.1 Å². The van der Waals surface area contributed by atoms with E-state index >= 15 is 0 Å². The number of rotatable bonds is 6. The highest BCUT2D eigenvalue weighted by Crippen LogP contribution is 2.57. The molecule has 0 heterocycles. The summed E-state index contributed by atoms with van der Waals surface area (Å²) in [4.78, 5) is 0.632. The maximum absolute atomic E-state index is 5.52. The Labute approximate surface area is 117 Å². The Morgan fingerprint density at radius 2 is 1.80 bits per heavy atom. The molecular formula is C10H21BrPS3+. The van der Waals surface area contributed by atoms with Crippen LogP contribution < -0.4 is 0 Å². The van der Waals surface area contributed by atoms with E-state index in [0.29, 0.717) is 14.8 Å². The van der Waals surface area contributed by atoms with Crippen LogP contribution in [0.2, 0.25) is 0 Å². The summed E-state index contributed by atoms with van der Waals surface area (Å²) in [6, 6.07) is 0. The Balaban J connectivity index is 3.77. The van der Waals surface area contributed by atoms with E-state index in [-0.39, 0.29) is 5.10 Å². The molecule has 0 bridgehead atoms. The number of halogens is 1. The first-order valence-electron chi connectivity index (χ1n) is 5.18. The summed E-state index contributed by atoms with van der Waals surface area (Å²) < 4.78 is 0.308. The lowest BCUT2D eigenvalue weighted by molar-refractivity contribution is 0.733. The molecule has 0 rings (SSSR count). The summed E-state index contributed by atoms with van der Waals surface area (Å²) >= 11 is 13.0. The fourth-order valence-corrected chi connectivity index (χ4v) is 11.9. The van der Waals surface area contributed by atoms with Crippen molar-refractivity contribution in [1.29, 1.82) is 0 Å². The summed E-state index contributed by atoms with van der Waals surface area (Å²) in [6.07, 6.45) is 2.50. The van der Waals surface area contributed by atoms with Crippen LogP contribution in [0.4, 0.5) is 0 Å². The van der Waals surface area contributed by atoms with Crippen molar-refractivity contribution in [3.63, 3.8) is 0 Å². The van der Waals surface area contributed by atoms with Crippen LogP contribution in [0.25, 0.3) is 0 Å². The maximum atomic E-state index is 5.52. The predicted octanol–water partition coefficient (Wildman–Crippen LogP) is 5.98. The highest BCUT2D eigenvalue weighted by atomic mass is 79.9. The van der Waals surface area contributed by atoms with Crippen LogP contribution in [0, 0.1) is 0 Å². The van der Waals surface area contributed by atoms with Gasteiger partial charge >= 0.3 is 5.10 Å². The van der Waals surface area contributed by atoms with Gasteiger partial charge in [-0.1, -0.05) is 22.9 Å². The molecule has 0 aliphatic carbocycles. The van der Waals surface area contributed by atoms with Crippen LogP contribution in [0.5, 0.6) is 0 Å². The van der Waals surface area contributed by atoms with Crippen molar-refractivity contribution >= 4 is 55.6 Å². The van der Waals surface area contributed by atoms with E-state index in [1.165, 1.54) is 12.8 Å². The second kappa shape index (κ2) is 7.92. The summed E-state index contributed by atoms with van der Waals surface area (Å²) in [5, 5.41) is 0.360. The molecule has 0 fully saturated rings. The lowest BCUT2D eigenvalue weighted by Crippen LogP contribution is -2.04. The standard InChI is InChI=1S/C10H21BrPS3/c1-8(11)6-7-9(2)14-12(13)15-10(3,4)5/h8-9H,6-7H2,1-5H3/q+1. The van der Waals surface area contributed by atoms with Crippen LogP contribution in [0.1, 0.15) is 47.5 Å². The summed E-state index contributed by atoms with van der Waals surface area (Å²) in [6.45, 7) is 11.2. The molecule has 0 radical (unpaired) electrons. The topological polar surface area (TPSA) is 0 Å². The van der Waals surface area contributed by atoms with Crippen LogP contribution in [0.15, 0.2) is 0 Å². The minimum Gasteiger partial charge on any atom is -0.0894 e. The van der Waals surface area contributed by atoms with E-state index in [4.69, 9.17) is 11.8 Å². The Morgan fingerprint density at radius 3 is 2.20 bits per heavy atom. The predicted molar refractivity (Wildman–Crippen MR) is 86.3 cm³/mol. The van der Waals surface area contributed by atoms with E-state index in [1.54, 1.807) is 0 Å². The fourth-order valence-electron chi connectivity index (χ4n) is 0.909. The molecule has 3 unspecified atom stereocenters. The first-order chi connectivity index (χ1) is 6.70. The second-order valence-corrected chi connectivity index (χ2v) is 15.7. The smallest absolute Gasteiger partial charge is 0.0894 e. The van der Waals surface area contributed by atoms with Gasteiger partial charge < -0.3 is 0 Å². The van der Waals surface area contributed by atoms with Gasteiger partial charge in [-0.05, 0) is 40.5 Å². The highest BCUT2D eigenvalue weighted by molar-refractivity contribution is 9.09. The zero-order valence-corrected chi connectivity index (χ0v) is 15.0. The molecule has 90 valence electrons. The fraction of sp³-hybridized carbons (Fsp3) is 1.00. The monoisotopic (exact) mass is 347 g/mol. The molecule has 0 saturated heterocycles. The molecule has 0 spiro atoms. The van der Waals surface area contributed by atoms with Crippen molar-refractivity contribution in [2.75, 3.05) is 0 Å². The quantitative estimate of drug-likeness (QED) is 0.428. The van der Waals surface area contributed by atoms with Crippen LogP contribution >= 0.6 is 43.8 Å². The average molecular weight is 348 g/mol. The molecule has 3 atom stereocenters. The van der Waals surface area contributed by atoms with Crippen molar-refractivity contribution in [2.45, 2.75) is 62.3 Å². The number of hydrogen-bond donors (Lipinski definition) is 0. The Bertz CT molecular complexity index is 201. The first kappa shape index (κ1) is 16.7. The zero-order chi connectivity index (χ0) is 12.1. The Morgan fingerprint density at radius 1 is 1.27 bits per heavy atom. The third-order valence-corrected chi connectivity index (χ3v) is 10.1. The number of hydrogen-bond acceptors (Lipinski definition) is 3. The van der Waals surface area contributed by atoms with Crippen molar-refractivity contribution in [3.05, 3.63) is 0 Å². The van der Waals surface area contributed by atoms with Gasteiger partial charge in [0.05, 0.1) is 4.75 Å². The van der Waals surface area contributed by atoms with Gasteiger partial charge in [-0.25, -0.2) is 0 Å². The molecular weight excluding hydrogens is 327 g/mol. The van der Waals surface area contributed by atoms with Crippen molar-refractivity contribution in [3.8, 4) is 0 Å². The zero-order valence-electron chi connectivity index (χ0n) is 10.1. The normalized spacial score (nSPS) is 17.3. The van der Waals surface area contributed by atoms with Gasteiger partial charge in [-0.15, -0.1) is 0 Å². The minimum absolute atomic E-state index is 0.308. The van der Waals surface area contributed by atoms with Gasteiger partial charge in [0.15, 0.2) is 11.8 Å². The lowest BCUT2D eigenvalue weighted by atomic mass is 10.2. The molecule has 0 N–H and O–H groups in total. The SMILES string of the molecule is CC(Br)CCC(C)S[P+](=S)SC(C)(C)C. The molecule has 0 nitrogen and oxygen atoms in total. The summed E-state index contributed by atoms with van der Waals surface area (Å²) in [5.41, 5.74) is 0. The van der Waals surface area contributed by atoms with E-state index in [0.717, 1.165) is 0 Å². The van der Waals surface area contributed by atoms with Gasteiger partial charge in [-0.2, -0.15) is 0 Å². The van der Waals surface area contributed by atoms with Gasteiger partial charge in [-0.3, -0.25) is 0 Å². The van der Waals surface area contributed by atoms with E-state index in [2.05, 4.69) is 50.5 Å². The summed E-state index contributed by atoms with van der Waals surface area (Å²) in [5.74, 6) is 0. The van der Waals surface area contributed by atoms with Crippen molar-refractivity contribution in [1.82, 2.24) is 0 Å². The van der Waals surface area contributed by atoms with Gasteiger partial charge in [0.2, 0.25) is 0 Å². The van der Waals surface area contributed by atoms with Crippen LogP contribution in [-0.4, -0.2) is 14.8 Å². The molecule has 0 saturated carbocycles. The molecule has 0 aromatic rings. The first-order valence-corrected chi connectivity index (χ1v) is 11.4. The number of alkyl halides is 1. The maximum Gasteiger partial charge on any atom is 0.317 e. The molecule has 0 aliphatic heterocycles. The van der Waals surface area contributed by atoms with Crippen LogP contribution in [0.3, 0.4) is 0 Å². The minimum atomic E-state index is -0.337. The largest absolute Gasteiger partial charge is 0.317 e. The molecule has 0 amide bonds. The van der Waals surface area contributed by atoms with Gasteiger partial charge in [0.1, 0.15) is 22.8 Å².